The molecule has 0 saturated carbocycles. The summed E-state index contributed by atoms with van der Waals surface area (Å²) in [6, 6.07) is 3.95. The maximum absolute atomic E-state index is 5.89. The number of morpholine rings is 1. The van der Waals surface area contributed by atoms with Gasteiger partial charge in [-0.2, -0.15) is 0 Å². The Morgan fingerprint density at radius 3 is 3.00 bits per heavy atom. The summed E-state index contributed by atoms with van der Waals surface area (Å²) in [7, 11) is 0. The minimum atomic E-state index is -0.0732. The van der Waals surface area contributed by atoms with Crippen LogP contribution in [0, 0.1) is 0 Å². The second kappa shape index (κ2) is 4.63. The first-order valence-corrected chi connectivity index (χ1v) is 6.05. The summed E-state index contributed by atoms with van der Waals surface area (Å²) in [5, 5.41) is 0. The van der Waals surface area contributed by atoms with Crippen molar-refractivity contribution in [3.05, 3.63) is 23.9 Å². The number of hydrogen-bond acceptors (Lipinski definition) is 4. The third-order valence-electron chi connectivity index (χ3n) is 2.89. The fraction of sp³-hybridized carbons (Fsp3) is 0.615. The molecule has 1 aromatic heterocycles. The Balaban J connectivity index is 2.03. The Labute approximate surface area is 103 Å². The first-order chi connectivity index (χ1) is 7.94. The van der Waals surface area contributed by atoms with E-state index >= 15 is 0 Å². The second-order valence-corrected chi connectivity index (χ2v) is 5.45. The van der Waals surface area contributed by atoms with Crippen molar-refractivity contribution in [3.63, 3.8) is 0 Å². The molecule has 17 heavy (non-hydrogen) atoms. The highest BCUT2D eigenvalue weighted by Gasteiger charge is 2.30. The van der Waals surface area contributed by atoms with Crippen molar-refractivity contribution in [3.8, 4) is 0 Å². The molecular weight excluding hydrogens is 214 g/mol. The topological polar surface area (TPSA) is 51.4 Å². The molecule has 0 aromatic carbocycles. The van der Waals surface area contributed by atoms with E-state index < -0.39 is 0 Å². The lowest BCUT2D eigenvalue weighted by atomic mass is 10.0. The van der Waals surface area contributed by atoms with Crippen LogP contribution in [-0.2, 0) is 11.3 Å². The van der Waals surface area contributed by atoms with Crippen LogP contribution in [-0.4, -0.2) is 34.7 Å². The lowest BCUT2D eigenvalue weighted by Gasteiger charge is -2.41. The van der Waals surface area contributed by atoms with E-state index in [9.17, 15) is 0 Å². The highest BCUT2D eigenvalue weighted by molar-refractivity contribution is 5.31. The van der Waals surface area contributed by atoms with Gasteiger partial charge in [-0.25, -0.2) is 4.98 Å². The maximum Gasteiger partial charge on any atom is 0.123 e. The Kier molecular flexibility index (Phi) is 3.35. The molecule has 0 amide bonds. The largest absolute Gasteiger partial charge is 0.384 e. The number of hydrogen-bond donors (Lipinski definition) is 1. The van der Waals surface area contributed by atoms with Crippen LogP contribution in [0.5, 0.6) is 0 Å². The molecule has 94 valence electrons. The summed E-state index contributed by atoms with van der Waals surface area (Å²) >= 11 is 0. The molecule has 1 atom stereocenters. The molecule has 1 fully saturated rings. The standard InChI is InChI=1S/C13H21N3O/c1-10-7-16(9-13(2,3)17-10)8-11-4-5-15-12(14)6-11/h4-6,10H,7-9H2,1-3H3,(H2,14,15). The number of nitrogens with zero attached hydrogens (tertiary/aromatic N) is 2. The minimum absolute atomic E-state index is 0.0732. The molecule has 1 aliphatic rings. The smallest absolute Gasteiger partial charge is 0.123 e. The molecule has 0 radical (unpaired) electrons. The first kappa shape index (κ1) is 12.3. The maximum atomic E-state index is 5.89. The van der Waals surface area contributed by atoms with Crippen molar-refractivity contribution < 1.29 is 4.74 Å². The first-order valence-electron chi connectivity index (χ1n) is 6.05. The number of ether oxygens (including phenoxy) is 1. The van der Waals surface area contributed by atoms with Crippen LogP contribution < -0.4 is 5.73 Å². The van der Waals surface area contributed by atoms with Gasteiger partial charge in [-0.15, -0.1) is 0 Å². The van der Waals surface area contributed by atoms with Gasteiger partial charge in [-0.1, -0.05) is 0 Å². The van der Waals surface area contributed by atoms with Crippen molar-refractivity contribution in [1.29, 1.82) is 0 Å². The zero-order valence-corrected chi connectivity index (χ0v) is 10.8. The number of pyridine rings is 1. The van der Waals surface area contributed by atoms with Crippen molar-refractivity contribution in [2.75, 3.05) is 18.8 Å². The Morgan fingerprint density at radius 2 is 2.35 bits per heavy atom. The molecule has 1 unspecified atom stereocenters. The molecule has 1 saturated heterocycles. The van der Waals surface area contributed by atoms with E-state index in [-0.39, 0.29) is 11.7 Å². The third kappa shape index (κ3) is 3.41. The van der Waals surface area contributed by atoms with Crippen LogP contribution >= 0.6 is 0 Å². The summed E-state index contributed by atoms with van der Waals surface area (Å²) in [6.07, 6.45) is 2.04. The molecule has 0 bridgehead atoms. The van der Waals surface area contributed by atoms with Crippen LogP contribution in [0.25, 0.3) is 0 Å². The molecule has 2 rings (SSSR count). The van der Waals surface area contributed by atoms with Gasteiger partial charge < -0.3 is 10.5 Å². The Bertz CT molecular complexity index is 392. The van der Waals surface area contributed by atoms with Crippen molar-refractivity contribution in [2.45, 2.75) is 39.0 Å². The van der Waals surface area contributed by atoms with E-state index in [4.69, 9.17) is 10.5 Å². The molecule has 4 nitrogen and oxygen atoms in total. The van der Waals surface area contributed by atoms with Gasteiger partial charge in [0.05, 0.1) is 11.7 Å². The normalized spacial score (nSPS) is 24.8. The average molecular weight is 235 g/mol. The predicted octanol–water partition coefficient (Wildman–Crippen LogP) is 1.66. The average Bonchev–Trinajstić information content (AvgIpc) is 2.13. The summed E-state index contributed by atoms with van der Waals surface area (Å²) < 4.78 is 5.89. The van der Waals surface area contributed by atoms with Gasteiger partial charge in [0, 0.05) is 25.8 Å². The van der Waals surface area contributed by atoms with E-state index in [1.807, 2.05) is 12.1 Å². The Hall–Kier alpha value is -1.13. The van der Waals surface area contributed by atoms with Crippen molar-refractivity contribution in [2.24, 2.45) is 0 Å². The SMILES string of the molecule is CC1CN(Cc2ccnc(N)c2)CC(C)(C)O1. The molecule has 4 heteroatoms. The molecule has 2 N–H and O–H groups in total. The lowest BCUT2D eigenvalue weighted by molar-refractivity contribution is -0.130. The van der Waals surface area contributed by atoms with Crippen LogP contribution in [0.1, 0.15) is 26.3 Å². The molecular formula is C13H21N3O. The highest BCUT2D eigenvalue weighted by atomic mass is 16.5. The van der Waals surface area contributed by atoms with E-state index in [2.05, 4.69) is 30.7 Å². The summed E-state index contributed by atoms with van der Waals surface area (Å²) in [5.74, 6) is 0.586. The third-order valence-corrected chi connectivity index (χ3v) is 2.89. The van der Waals surface area contributed by atoms with E-state index in [0.29, 0.717) is 5.82 Å². The number of nitrogen functional groups attached to an aromatic ring is 1. The second-order valence-electron chi connectivity index (χ2n) is 5.45. The van der Waals surface area contributed by atoms with Crippen LogP contribution in [0.4, 0.5) is 5.82 Å². The molecule has 2 heterocycles. The quantitative estimate of drug-likeness (QED) is 0.847. The fourth-order valence-corrected chi connectivity index (χ4v) is 2.56. The van der Waals surface area contributed by atoms with E-state index in [1.54, 1.807) is 6.20 Å². The fourth-order valence-electron chi connectivity index (χ4n) is 2.56. The molecule has 0 aliphatic carbocycles. The minimum Gasteiger partial charge on any atom is -0.384 e. The van der Waals surface area contributed by atoms with Gasteiger partial charge in [0.1, 0.15) is 5.82 Å². The molecule has 1 aromatic rings. The monoisotopic (exact) mass is 235 g/mol. The van der Waals surface area contributed by atoms with Crippen LogP contribution in [0.3, 0.4) is 0 Å². The zero-order valence-electron chi connectivity index (χ0n) is 10.8. The summed E-state index contributed by atoms with van der Waals surface area (Å²) in [6.45, 7) is 9.21. The van der Waals surface area contributed by atoms with Crippen molar-refractivity contribution >= 4 is 5.82 Å². The van der Waals surface area contributed by atoms with Gasteiger partial charge in [0.2, 0.25) is 0 Å². The number of nitrogens with two attached hydrogens (primary N) is 1. The van der Waals surface area contributed by atoms with E-state index in [1.165, 1.54) is 5.56 Å². The van der Waals surface area contributed by atoms with E-state index in [0.717, 1.165) is 19.6 Å². The van der Waals surface area contributed by atoms with Crippen molar-refractivity contribution in [1.82, 2.24) is 9.88 Å². The van der Waals surface area contributed by atoms with Gasteiger partial charge in [0.15, 0.2) is 0 Å². The number of anilines is 1. The summed E-state index contributed by atoms with van der Waals surface area (Å²) in [4.78, 5) is 6.42. The summed E-state index contributed by atoms with van der Waals surface area (Å²) in [5.41, 5.74) is 6.83. The highest BCUT2D eigenvalue weighted by Crippen LogP contribution is 2.22. The predicted molar refractivity (Wildman–Crippen MR) is 68.6 cm³/mol. The van der Waals surface area contributed by atoms with Gasteiger partial charge in [-0.3, -0.25) is 4.90 Å². The molecule has 1 aliphatic heterocycles. The number of rotatable bonds is 2. The van der Waals surface area contributed by atoms with Gasteiger partial charge in [-0.05, 0) is 38.5 Å². The van der Waals surface area contributed by atoms with Gasteiger partial charge >= 0.3 is 0 Å². The number of aromatic nitrogens is 1. The zero-order chi connectivity index (χ0) is 12.5. The van der Waals surface area contributed by atoms with Gasteiger partial charge in [0.25, 0.3) is 0 Å². The van der Waals surface area contributed by atoms with Crippen LogP contribution in [0.2, 0.25) is 0 Å². The lowest BCUT2D eigenvalue weighted by Crippen LogP contribution is -2.51. The van der Waals surface area contributed by atoms with Crippen LogP contribution in [0.15, 0.2) is 18.3 Å². The Morgan fingerprint density at radius 1 is 1.59 bits per heavy atom. The molecule has 0 spiro atoms.